The highest BCUT2D eigenvalue weighted by Crippen LogP contribution is 2.47. The van der Waals surface area contributed by atoms with Crippen LogP contribution in [-0.4, -0.2) is 24.4 Å². The average molecular weight is 209 g/mol. The highest BCUT2D eigenvalue weighted by atomic mass is 16.2. The zero-order valence-electron chi connectivity index (χ0n) is 10.3. The van der Waals surface area contributed by atoms with E-state index in [-0.39, 0.29) is 5.41 Å². The molecule has 0 aromatic heterocycles. The number of carbonyl (C=O) groups excluding carboxylic acids is 1. The molecule has 2 nitrogen and oxygen atoms in total. The van der Waals surface area contributed by atoms with Crippen LogP contribution in [0.15, 0.2) is 0 Å². The van der Waals surface area contributed by atoms with Crippen molar-refractivity contribution in [3.8, 4) is 0 Å². The van der Waals surface area contributed by atoms with Crippen molar-refractivity contribution in [1.82, 2.24) is 4.90 Å². The minimum atomic E-state index is 0.0557. The lowest BCUT2D eigenvalue weighted by atomic mass is 9.67. The summed E-state index contributed by atoms with van der Waals surface area (Å²) in [5.74, 6) is 2.07. The van der Waals surface area contributed by atoms with Crippen molar-refractivity contribution in [2.75, 3.05) is 13.6 Å². The molecule has 1 aliphatic heterocycles. The third-order valence-corrected chi connectivity index (χ3v) is 4.66. The standard InChI is InChI=1S/C13H23NO/c1-10(2)11-4-6-13(7-5-11)8-9-14(3)12(13)15/h10-11H,4-9H2,1-3H3/t11-,13-. The first-order chi connectivity index (χ1) is 7.05. The van der Waals surface area contributed by atoms with Gasteiger partial charge in [-0.3, -0.25) is 4.79 Å². The molecule has 1 aliphatic carbocycles. The summed E-state index contributed by atoms with van der Waals surface area (Å²) < 4.78 is 0. The van der Waals surface area contributed by atoms with Crippen molar-refractivity contribution in [1.29, 1.82) is 0 Å². The van der Waals surface area contributed by atoms with Gasteiger partial charge in [0.2, 0.25) is 5.91 Å². The van der Waals surface area contributed by atoms with E-state index in [0.29, 0.717) is 5.91 Å². The van der Waals surface area contributed by atoms with Gasteiger partial charge in [0.05, 0.1) is 5.41 Å². The molecule has 0 atom stereocenters. The number of carbonyl (C=O) groups is 1. The van der Waals surface area contributed by atoms with E-state index in [2.05, 4.69) is 13.8 Å². The molecular formula is C13H23NO. The molecule has 0 unspecified atom stereocenters. The van der Waals surface area contributed by atoms with Crippen LogP contribution in [0, 0.1) is 17.3 Å². The summed E-state index contributed by atoms with van der Waals surface area (Å²) in [6, 6.07) is 0. The monoisotopic (exact) mass is 209 g/mol. The topological polar surface area (TPSA) is 20.3 Å². The van der Waals surface area contributed by atoms with E-state index in [4.69, 9.17) is 0 Å². The van der Waals surface area contributed by atoms with Gasteiger partial charge in [-0.05, 0) is 43.9 Å². The predicted molar refractivity (Wildman–Crippen MR) is 61.5 cm³/mol. The Labute approximate surface area is 93.0 Å². The maximum atomic E-state index is 12.1. The summed E-state index contributed by atoms with van der Waals surface area (Å²) in [5, 5.41) is 0. The Kier molecular flexibility index (Phi) is 2.78. The van der Waals surface area contributed by atoms with E-state index >= 15 is 0 Å². The molecule has 0 bridgehead atoms. The zero-order chi connectivity index (χ0) is 11.1. The fourth-order valence-electron chi connectivity index (χ4n) is 3.32. The Morgan fingerprint density at radius 2 is 1.87 bits per heavy atom. The van der Waals surface area contributed by atoms with Gasteiger partial charge in [0, 0.05) is 13.6 Å². The second-order valence-electron chi connectivity index (χ2n) is 5.84. The Bertz CT molecular complexity index is 251. The Balaban J connectivity index is 2.01. The van der Waals surface area contributed by atoms with Crippen LogP contribution in [0.5, 0.6) is 0 Å². The molecule has 0 radical (unpaired) electrons. The number of nitrogens with zero attached hydrogens (tertiary/aromatic N) is 1. The van der Waals surface area contributed by atoms with Gasteiger partial charge < -0.3 is 4.90 Å². The maximum absolute atomic E-state index is 12.1. The first-order valence-corrected chi connectivity index (χ1v) is 6.31. The molecule has 2 aliphatic rings. The molecule has 1 saturated carbocycles. The molecule has 2 heteroatoms. The SMILES string of the molecule is CC(C)[C@H]1CC[C@@]2(CCN(C)C2=O)CC1. The van der Waals surface area contributed by atoms with Crippen LogP contribution in [0.4, 0.5) is 0 Å². The van der Waals surface area contributed by atoms with Gasteiger partial charge in [-0.15, -0.1) is 0 Å². The lowest BCUT2D eigenvalue weighted by Gasteiger charge is -2.37. The van der Waals surface area contributed by atoms with Crippen LogP contribution in [-0.2, 0) is 4.79 Å². The average Bonchev–Trinajstić information content (AvgIpc) is 2.48. The van der Waals surface area contributed by atoms with Crippen molar-refractivity contribution >= 4 is 5.91 Å². The molecule has 1 heterocycles. The molecule has 0 aromatic carbocycles. The van der Waals surface area contributed by atoms with Crippen LogP contribution in [0.3, 0.4) is 0 Å². The van der Waals surface area contributed by atoms with Gasteiger partial charge in [0.15, 0.2) is 0 Å². The quantitative estimate of drug-likeness (QED) is 0.650. The Morgan fingerprint density at radius 1 is 1.27 bits per heavy atom. The maximum Gasteiger partial charge on any atom is 0.228 e. The van der Waals surface area contributed by atoms with E-state index in [1.54, 1.807) is 0 Å². The molecule has 1 amide bonds. The van der Waals surface area contributed by atoms with Crippen LogP contribution in [0.2, 0.25) is 0 Å². The smallest absolute Gasteiger partial charge is 0.228 e. The number of rotatable bonds is 1. The molecule has 86 valence electrons. The molecule has 0 aromatic rings. The normalized spacial score (nSPS) is 36.9. The summed E-state index contributed by atoms with van der Waals surface area (Å²) in [7, 11) is 1.95. The third-order valence-electron chi connectivity index (χ3n) is 4.66. The van der Waals surface area contributed by atoms with Gasteiger partial charge in [-0.2, -0.15) is 0 Å². The van der Waals surface area contributed by atoms with Gasteiger partial charge in [-0.1, -0.05) is 13.8 Å². The van der Waals surface area contributed by atoms with Crippen molar-refractivity contribution in [3.63, 3.8) is 0 Å². The summed E-state index contributed by atoms with van der Waals surface area (Å²) in [6.45, 7) is 5.60. The highest BCUT2D eigenvalue weighted by molar-refractivity contribution is 5.84. The van der Waals surface area contributed by atoms with Crippen molar-refractivity contribution < 1.29 is 4.79 Å². The van der Waals surface area contributed by atoms with Gasteiger partial charge in [0.1, 0.15) is 0 Å². The third kappa shape index (κ3) is 1.79. The zero-order valence-corrected chi connectivity index (χ0v) is 10.3. The van der Waals surface area contributed by atoms with E-state index in [9.17, 15) is 4.79 Å². The van der Waals surface area contributed by atoms with Gasteiger partial charge >= 0.3 is 0 Å². The van der Waals surface area contributed by atoms with Gasteiger partial charge in [0.25, 0.3) is 0 Å². The molecular weight excluding hydrogens is 186 g/mol. The second kappa shape index (κ2) is 3.80. The second-order valence-corrected chi connectivity index (χ2v) is 5.84. The van der Waals surface area contributed by atoms with E-state index in [0.717, 1.165) is 37.6 Å². The Morgan fingerprint density at radius 3 is 2.27 bits per heavy atom. The van der Waals surface area contributed by atoms with Crippen molar-refractivity contribution in [2.45, 2.75) is 46.0 Å². The fraction of sp³-hybridized carbons (Fsp3) is 0.923. The summed E-state index contributed by atoms with van der Waals surface area (Å²) in [4.78, 5) is 14.0. The lowest BCUT2D eigenvalue weighted by Crippen LogP contribution is -2.36. The van der Waals surface area contributed by atoms with Crippen LogP contribution < -0.4 is 0 Å². The van der Waals surface area contributed by atoms with E-state index in [1.165, 1.54) is 12.8 Å². The molecule has 2 rings (SSSR count). The van der Waals surface area contributed by atoms with E-state index in [1.807, 2.05) is 11.9 Å². The van der Waals surface area contributed by atoms with Crippen LogP contribution >= 0.6 is 0 Å². The molecule has 0 N–H and O–H groups in total. The largest absolute Gasteiger partial charge is 0.345 e. The minimum absolute atomic E-state index is 0.0557. The highest BCUT2D eigenvalue weighted by Gasteiger charge is 2.47. The Hall–Kier alpha value is -0.530. The number of hydrogen-bond acceptors (Lipinski definition) is 1. The number of likely N-dealkylation sites (tertiary alicyclic amines) is 1. The summed E-state index contributed by atoms with van der Waals surface area (Å²) in [5.41, 5.74) is 0.0557. The van der Waals surface area contributed by atoms with E-state index < -0.39 is 0 Å². The fourth-order valence-corrected chi connectivity index (χ4v) is 3.32. The van der Waals surface area contributed by atoms with Crippen LogP contribution in [0.1, 0.15) is 46.0 Å². The number of amides is 1. The van der Waals surface area contributed by atoms with Crippen molar-refractivity contribution in [3.05, 3.63) is 0 Å². The molecule has 1 saturated heterocycles. The minimum Gasteiger partial charge on any atom is -0.345 e. The number of hydrogen-bond donors (Lipinski definition) is 0. The summed E-state index contributed by atoms with van der Waals surface area (Å²) in [6.07, 6.45) is 5.90. The molecule has 1 spiro atoms. The predicted octanol–water partition coefficient (Wildman–Crippen LogP) is 2.68. The van der Waals surface area contributed by atoms with Crippen molar-refractivity contribution in [2.24, 2.45) is 17.3 Å². The molecule has 2 fully saturated rings. The van der Waals surface area contributed by atoms with Crippen LogP contribution in [0.25, 0.3) is 0 Å². The first-order valence-electron chi connectivity index (χ1n) is 6.31. The molecule has 15 heavy (non-hydrogen) atoms. The first kappa shape index (κ1) is 11.0. The summed E-state index contributed by atoms with van der Waals surface area (Å²) >= 11 is 0. The van der Waals surface area contributed by atoms with Gasteiger partial charge in [-0.25, -0.2) is 0 Å². The lowest BCUT2D eigenvalue weighted by molar-refractivity contribution is -0.137.